The Kier molecular flexibility index (Phi) is 5.13. The van der Waals surface area contributed by atoms with E-state index in [1.165, 1.54) is 7.11 Å². The minimum absolute atomic E-state index is 0.0340. The molecule has 3 atom stereocenters. The van der Waals surface area contributed by atoms with E-state index in [-0.39, 0.29) is 12.6 Å². The normalized spacial score (nSPS) is 28.6. The summed E-state index contributed by atoms with van der Waals surface area (Å²) in [5, 5.41) is 18.7. The molecule has 0 bridgehead atoms. The van der Waals surface area contributed by atoms with Gasteiger partial charge in [-0.15, -0.1) is 6.58 Å². The van der Waals surface area contributed by atoms with Crippen molar-refractivity contribution >= 4 is 5.97 Å². The van der Waals surface area contributed by atoms with Gasteiger partial charge >= 0.3 is 5.97 Å². The number of methoxy groups -OCH3 is 1. The highest BCUT2D eigenvalue weighted by atomic mass is 16.5. The molecule has 0 aromatic carbocycles. The molecule has 1 saturated heterocycles. The quantitative estimate of drug-likeness (QED) is 0.428. The lowest BCUT2D eigenvalue weighted by molar-refractivity contribution is -0.148. The fourth-order valence-electron chi connectivity index (χ4n) is 2.31. The molecule has 1 N–H and O–H groups in total. The number of aliphatic hydroxyl groups is 1. The molecule has 0 saturated carbocycles. The lowest BCUT2D eigenvalue weighted by Gasteiger charge is -2.26. The molecule has 0 spiro atoms. The van der Waals surface area contributed by atoms with E-state index >= 15 is 0 Å². The summed E-state index contributed by atoms with van der Waals surface area (Å²) in [6, 6.07) is 1.35. The largest absolute Gasteiger partial charge is 0.468 e. The second kappa shape index (κ2) is 6.38. The van der Waals surface area contributed by atoms with Gasteiger partial charge in [-0.1, -0.05) is 6.08 Å². The van der Waals surface area contributed by atoms with Crippen LogP contribution in [-0.4, -0.2) is 47.8 Å². The van der Waals surface area contributed by atoms with E-state index in [0.717, 1.165) is 12.8 Å². The smallest absolute Gasteiger partial charge is 0.325 e. The summed E-state index contributed by atoms with van der Waals surface area (Å²) < 4.78 is 4.66. The number of carbonyl (C=O) groups excluding carboxylic acids is 1. The van der Waals surface area contributed by atoms with Crippen LogP contribution in [0, 0.1) is 11.3 Å². The highest BCUT2D eigenvalue weighted by Gasteiger charge is 2.44. The Balaban J connectivity index is 2.78. The number of nitrogens with zero attached hydrogens (tertiary/aromatic N) is 2. The summed E-state index contributed by atoms with van der Waals surface area (Å²) in [6.07, 6.45) is 3.12. The van der Waals surface area contributed by atoms with Crippen molar-refractivity contribution in [3.05, 3.63) is 12.7 Å². The number of hydrogen-bond acceptors (Lipinski definition) is 5. The van der Waals surface area contributed by atoms with Crippen molar-refractivity contribution in [2.24, 2.45) is 0 Å². The van der Waals surface area contributed by atoms with Crippen molar-refractivity contribution in [3.8, 4) is 6.07 Å². The monoisotopic (exact) mass is 238 g/mol. The molecule has 1 rings (SSSR count). The third-order valence-electron chi connectivity index (χ3n) is 3.10. The molecule has 5 nitrogen and oxygen atoms in total. The number of aliphatic hydroxyl groups excluding tert-OH is 1. The van der Waals surface area contributed by atoms with Crippen LogP contribution in [0.3, 0.4) is 0 Å². The van der Waals surface area contributed by atoms with E-state index in [1.54, 1.807) is 11.0 Å². The standard InChI is InChI=1S/C12H18N2O3/c1-3-4-5-9-8-10(15)11(12(16)17-2)14(9)7-6-13/h3,9-11,15H,1,4-5,7-8H2,2H3. The molecule has 5 heteroatoms. The maximum absolute atomic E-state index is 11.6. The predicted molar refractivity (Wildman–Crippen MR) is 62.0 cm³/mol. The number of ether oxygens (including phenoxy) is 1. The van der Waals surface area contributed by atoms with Crippen LogP contribution in [0.25, 0.3) is 0 Å². The van der Waals surface area contributed by atoms with Crippen molar-refractivity contribution in [2.75, 3.05) is 13.7 Å². The fraction of sp³-hybridized carbons (Fsp3) is 0.667. The van der Waals surface area contributed by atoms with Gasteiger partial charge in [0.2, 0.25) is 0 Å². The van der Waals surface area contributed by atoms with Gasteiger partial charge in [0.25, 0.3) is 0 Å². The maximum atomic E-state index is 11.6. The zero-order chi connectivity index (χ0) is 12.8. The minimum Gasteiger partial charge on any atom is -0.468 e. The van der Waals surface area contributed by atoms with Crippen molar-refractivity contribution in [2.45, 2.75) is 37.5 Å². The van der Waals surface area contributed by atoms with Gasteiger partial charge in [-0.2, -0.15) is 5.26 Å². The van der Waals surface area contributed by atoms with Crippen LogP contribution in [0.5, 0.6) is 0 Å². The SMILES string of the molecule is C=CCCC1CC(O)C(C(=O)OC)N1CC#N. The summed E-state index contributed by atoms with van der Waals surface area (Å²) >= 11 is 0. The van der Waals surface area contributed by atoms with Crippen LogP contribution in [-0.2, 0) is 9.53 Å². The van der Waals surface area contributed by atoms with Gasteiger partial charge in [-0.05, 0) is 19.3 Å². The van der Waals surface area contributed by atoms with Gasteiger partial charge in [0.15, 0.2) is 0 Å². The first-order chi connectivity index (χ1) is 8.15. The first kappa shape index (κ1) is 13.7. The average molecular weight is 238 g/mol. The number of likely N-dealkylation sites (tertiary alicyclic amines) is 1. The molecule has 0 aliphatic carbocycles. The highest BCUT2D eigenvalue weighted by molar-refractivity contribution is 5.77. The Hall–Kier alpha value is -1.38. The van der Waals surface area contributed by atoms with Gasteiger partial charge in [-0.25, -0.2) is 0 Å². The average Bonchev–Trinajstić information content (AvgIpc) is 2.63. The van der Waals surface area contributed by atoms with Crippen molar-refractivity contribution in [1.29, 1.82) is 5.26 Å². The number of hydrogen-bond donors (Lipinski definition) is 1. The van der Waals surface area contributed by atoms with E-state index in [9.17, 15) is 9.90 Å². The highest BCUT2D eigenvalue weighted by Crippen LogP contribution is 2.28. The Labute approximate surface area is 101 Å². The zero-order valence-corrected chi connectivity index (χ0v) is 10.0. The summed E-state index contributed by atoms with van der Waals surface area (Å²) in [5.41, 5.74) is 0. The van der Waals surface area contributed by atoms with Crippen LogP contribution in [0.2, 0.25) is 0 Å². The maximum Gasteiger partial charge on any atom is 0.325 e. The number of rotatable bonds is 5. The van der Waals surface area contributed by atoms with E-state index in [2.05, 4.69) is 11.3 Å². The number of nitriles is 1. The predicted octanol–water partition coefficient (Wildman–Crippen LogP) is 0.453. The topological polar surface area (TPSA) is 73.6 Å². The Morgan fingerprint density at radius 3 is 3.00 bits per heavy atom. The fourth-order valence-corrected chi connectivity index (χ4v) is 2.31. The molecule has 94 valence electrons. The van der Waals surface area contributed by atoms with Crippen molar-refractivity contribution < 1.29 is 14.6 Å². The summed E-state index contributed by atoms with van der Waals surface area (Å²) in [6.45, 7) is 3.77. The lowest BCUT2D eigenvalue weighted by Crippen LogP contribution is -2.45. The molecule has 17 heavy (non-hydrogen) atoms. The van der Waals surface area contributed by atoms with E-state index in [4.69, 9.17) is 5.26 Å². The zero-order valence-electron chi connectivity index (χ0n) is 10.0. The second-order valence-electron chi connectivity index (χ2n) is 4.12. The third kappa shape index (κ3) is 3.05. The van der Waals surface area contributed by atoms with Crippen molar-refractivity contribution in [3.63, 3.8) is 0 Å². The van der Waals surface area contributed by atoms with Crippen molar-refractivity contribution in [1.82, 2.24) is 4.90 Å². The molecule has 1 aliphatic rings. The van der Waals surface area contributed by atoms with Gasteiger partial charge in [-0.3, -0.25) is 9.69 Å². The molecule has 0 aromatic heterocycles. The molecular weight excluding hydrogens is 220 g/mol. The second-order valence-corrected chi connectivity index (χ2v) is 4.12. The minimum atomic E-state index is -0.759. The molecule has 0 amide bonds. The van der Waals surface area contributed by atoms with Crippen LogP contribution in [0.1, 0.15) is 19.3 Å². The van der Waals surface area contributed by atoms with Gasteiger partial charge in [0, 0.05) is 6.04 Å². The van der Waals surface area contributed by atoms with Gasteiger partial charge < -0.3 is 9.84 Å². The van der Waals surface area contributed by atoms with E-state index in [1.807, 2.05) is 6.07 Å². The molecular formula is C12H18N2O3. The van der Waals surface area contributed by atoms with E-state index < -0.39 is 18.1 Å². The Morgan fingerprint density at radius 1 is 1.76 bits per heavy atom. The number of carbonyl (C=O) groups is 1. The van der Waals surface area contributed by atoms with Gasteiger partial charge in [0.05, 0.1) is 25.8 Å². The van der Waals surface area contributed by atoms with Crippen LogP contribution >= 0.6 is 0 Å². The van der Waals surface area contributed by atoms with E-state index in [0.29, 0.717) is 6.42 Å². The summed E-state index contributed by atoms with van der Waals surface area (Å²) in [4.78, 5) is 13.3. The third-order valence-corrected chi connectivity index (χ3v) is 3.10. The molecule has 0 radical (unpaired) electrons. The summed E-state index contributed by atoms with van der Waals surface area (Å²) in [5.74, 6) is -0.478. The van der Waals surface area contributed by atoms with Crippen LogP contribution in [0.15, 0.2) is 12.7 Å². The van der Waals surface area contributed by atoms with Crippen LogP contribution in [0.4, 0.5) is 0 Å². The first-order valence-electron chi connectivity index (χ1n) is 5.65. The molecule has 1 heterocycles. The van der Waals surface area contributed by atoms with Crippen LogP contribution < -0.4 is 0 Å². The summed E-state index contributed by atoms with van der Waals surface area (Å²) in [7, 11) is 1.29. The molecule has 3 unspecified atom stereocenters. The first-order valence-corrected chi connectivity index (χ1v) is 5.65. The number of esters is 1. The molecule has 0 aromatic rings. The van der Waals surface area contributed by atoms with Gasteiger partial charge in [0.1, 0.15) is 6.04 Å². The number of allylic oxidation sites excluding steroid dienone is 1. The lowest BCUT2D eigenvalue weighted by atomic mass is 10.1. The molecule has 1 fully saturated rings. The Bertz CT molecular complexity index is 324. The molecule has 1 aliphatic heterocycles. The Morgan fingerprint density at radius 2 is 2.47 bits per heavy atom.